The number of ether oxygens (including phenoxy) is 1. The molecule has 0 spiro atoms. The van der Waals surface area contributed by atoms with E-state index in [2.05, 4.69) is 0 Å². The van der Waals surface area contributed by atoms with Crippen molar-refractivity contribution in [3.8, 4) is 5.75 Å². The van der Waals surface area contributed by atoms with Gasteiger partial charge in [0.1, 0.15) is 5.75 Å². The normalized spacial score (nSPS) is 18.6. The average Bonchev–Trinajstić information content (AvgIpc) is 2.82. The van der Waals surface area contributed by atoms with Crippen LogP contribution in [0.3, 0.4) is 0 Å². The highest BCUT2D eigenvalue weighted by atomic mass is 32.2. The molecule has 1 aliphatic rings. The second-order valence-corrected chi connectivity index (χ2v) is 6.13. The maximum Gasteiger partial charge on any atom is 0.122 e. The molecule has 2 atom stereocenters. The maximum atomic E-state index is 12.4. The Morgan fingerprint density at radius 1 is 1.21 bits per heavy atom. The first kappa shape index (κ1) is 12.2. The lowest BCUT2D eigenvalue weighted by molar-refractivity contribution is 0.338. The summed E-state index contributed by atoms with van der Waals surface area (Å²) in [5.74, 6) is 1.68. The van der Waals surface area contributed by atoms with Crippen molar-refractivity contribution < 1.29 is 8.95 Å². The zero-order valence-corrected chi connectivity index (χ0v) is 11.2. The van der Waals surface area contributed by atoms with E-state index in [0.717, 1.165) is 16.2 Å². The number of benzene rings is 2. The Bertz CT molecular complexity index is 627. The van der Waals surface area contributed by atoms with Gasteiger partial charge in [-0.3, -0.25) is 4.21 Å². The van der Waals surface area contributed by atoms with E-state index in [4.69, 9.17) is 10.5 Å². The van der Waals surface area contributed by atoms with Crippen LogP contribution in [0.1, 0.15) is 11.5 Å². The Balaban J connectivity index is 1.78. The van der Waals surface area contributed by atoms with E-state index in [1.54, 1.807) is 12.1 Å². The summed E-state index contributed by atoms with van der Waals surface area (Å²) in [6.45, 7) is 0.605. The van der Waals surface area contributed by atoms with Gasteiger partial charge in [-0.2, -0.15) is 0 Å². The van der Waals surface area contributed by atoms with Crippen molar-refractivity contribution in [2.75, 3.05) is 18.1 Å². The van der Waals surface area contributed by atoms with Gasteiger partial charge in [-0.1, -0.05) is 24.3 Å². The van der Waals surface area contributed by atoms with Crippen molar-refractivity contribution in [1.29, 1.82) is 0 Å². The van der Waals surface area contributed by atoms with Crippen LogP contribution in [0.15, 0.2) is 53.4 Å². The zero-order valence-electron chi connectivity index (χ0n) is 10.4. The van der Waals surface area contributed by atoms with Crippen LogP contribution >= 0.6 is 0 Å². The Labute approximate surface area is 114 Å². The number of anilines is 1. The number of hydrogen-bond acceptors (Lipinski definition) is 3. The summed E-state index contributed by atoms with van der Waals surface area (Å²) in [6, 6.07) is 15.2. The van der Waals surface area contributed by atoms with Crippen LogP contribution < -0.4 is 10.5 Å². The monoisotopic (exact) mass is 273 g/mol. The molecule has 19 heavy (non-hydrogen) atoms. The highest BCUT2D eigenvalue weighted by Gasteiger charge is 2.25. The predicted molar refractivity (Wildman–Crippen MR) is 76.8 cm³/mol. The van der Waals surface area contributed by atoms with Crippen molar-refractivity contribution in [3.63, 3.8) is 0 Å². The third-order valence-corrected chi connectivity index (χ3v) is 4.76. The molecule has 0 saturated carbocycles. The van der Waals surface area contributed by atoms with Crippen molar-refractivity contribution in [2.24, 2.45) is 0 Å². The lowest BCUT2D eigenvalue weighted by Gasteiger charge is -2.09. The zero-order chi connectivity index (χ0) is 13.2. The Morgan fingerprint density at radius 3 is 2.89 bits per heavy atom. The molecule has 2 aromatic rings. The van der Waals surface area contributed by atoms with Crippen LogP contribution in [0, 0.1) is 0 Å². The van der Waals surface area contributed by atoms with Gasteiger partial charge >= 0.3 is 0 Å². The van der Waals surface area contributed by atoms with Gasteiger partial charge in [0.15, 0.2) is 0 Å². The van der Waals surface area contributed by atoms with Gasteiger partial charge in [0.25, 0.3) is 0 Å². The minimum absolute atomic E-state index is 0.193. The number of nitrogen functional groups attached to an aromatic ring is 1. The number of rotatable bonds is 3. The molecular weight excluding hydrogens is 258 g/mol. The van der Waals surface area contributed by atoms with Crippen LogP contribution in [0.25, 0.3) is 0 Å². The fourth-order valence-corrected chi connectivity index (χ4v) is 3.63. The largest absolute Gasteiger partial charge is 0.493 e. The Morgan fingerprint density at radius 2 is 2.05 bits per heavy atom. The van der Waals surface area contributed by atoms with Gasteiger partial charge < -0.3 is 10.5 Å². The first-order chi connectivity index (χ1) is 9.24. The van der Waals surface area contributed by atoms with E-state index in [1.165, 1.54) is 0 Å². The van der Waals surface area contributed by atoms with Crippen LogP contribution in [0.2, 0.25) is 0 Å². The summed E-state index contributed by atoms with van der Waals surface area (Å²) in [4.78, 5) is 0.782. The van der Waals surface area contributed by atoms with Gasteiger partial charge in [0.05, 0.1) is 17.4 Å². The molecule has 2 N–H and O–H groups in total. The summed E-state index contributed by atoms with van der Waals surface area (Å²) < 4.78 is 18.0. The highest BCUT2D eigenvalue weighted by Crippen LogP contribution is 2.34. The van der Waals surface area contributed by atoms with Crippen molar-refractivity contribution in [2.45, 2.75) is 10.8 Å². The van der Waals surface area contributed by atoms with Crippen LogP contribution in [-0.2, 0) is 10.8 Å². The minimum Gasteiger partial charge on any atom is -0.493 e. The molecule has 0 bridgehead atoms. The lowest BCUT2D eigenvalue weighted by Crippen LogP contribution is -2.11. The number of hydrogen-bond donors (Lipinski definition) is 1. The summed E-state index contributed by atoms with van der Waals surface area (Å²) in [6.07, 6.45) is 0. The van der Waals surface area contributed by atoms with Crippen molar-refractivity contribution in [1.82, 2.24) is 0 Å². The third kappa shape index (κ3) is 2.49. The standard InChI is InChI=1S/C15H15NO2S/c16-12-4-3-5-13(8-12)19(17)10-11-9-18-15-7-2-1-6-14(11)15/h1-8,11H,9-10,16H2. The molecule has 2 aromatic carbocycles. The first-order valence-electron chi connectivity index (χ1n) is 6.19. The van der Waals surface area contributed by atoms with Gasteiger partial charge in [-0.05, 0) is 24.3 Å². The molecule has 0 radical (unpaired) electrons. The topological polar surface area (TPSA) is 52.3 Å². The van der Waals surface area contributed by atoms with Gasteiger partial charge in [-0.25, -0.2) is 0 Å². The second kappa shape index (κ2) is 5.05. The summed E-state index contributed by atoms with van der Waals surface area (Å²) in [7, 11) is -1.05. The molecule has 4 heteroatoms. The molecule has 2 unspecified atom stereocenters. The van der Waals surface area contributed by atoms with Crippen molar-refractivity contribution in [3.05, 3.63) is 54.1 Å². The molecule has 3 nitrogen and oxygen atoms in total. The molecule has 0 saturated heterocycles. The molecule has 0 aliphatic carbocycles. The quantitative estimate of drug-likeness (QED) is 0.874. The van der Waals surface area contributed by atoms with Crippen LogP contribution in [-0.4, -0.2) is 16.6 Å². The molecule has 1 heterocycles. The molecular formula is C15H15NO2S. The highest BCUT2D eigenvalue weighted by molar-refractivity contribution is 7.85. The fourth-order valence-electron chi connectivity index (χ4n) is 2.30. The average molecular weight is 273 g/mol. The Kier molecular flexibility index (Phi) is 3.25. The van der Waals surface area contributed by atoms with E-state index in [0.29, 0.717) is 18.0 Å². The summed E-state index contributed by atoms with van der Waals surface area (Å²) >= 11 is 0. The second-order valence-electron chi connectivity index (χ2n) is 4.63. The summed E-state index contributed by atoms with van der Waals surface area (Å²) in [5.41, 5.74) is 7.52. The third-order valence-electron chi connectivity index (χ3n) is 3.27. The number of fused-ring (bicyclic) bond motifs is 1. The summed E-state index contributed by atoms with van der Waals surface area (Å²) in [5, 5.41) is 0. The Hall–Kier alpha value is -1.81. The first-order valence-corrected chi connectivity index (χ1v) is 7.51. The van der Waals surface area contributed by atoms with Crippen molar-refractivity contribution >= 4 is 16.5 Å². The molecule has 1 aliphatic heterocycles. The van der Waals surface area contributed by atoms with Crippen LogP contribution in [0.5, 0.6) is 5.75 Å². The van der Waals surface area contributed by atoms with E-state index >= 15 is 0 Å². The molecule has 0 aromatic heterocycles. The predicted octanol–water partition coefficient (Wildman–Crippen LogP) is 2.55. The van der Waals surface area contributed by atoms with E-state index in [1.807, 2.05) is 36.4 Å². The van der Waals surface area contributed by atoms with E-state index in [-0.39, 0.29) is 5.92 Å². The van der Waals surface area contributed by atoms with E-state index in [9.17, 15) is 4.21 Å². The smallest absolute Gasteiger partial charge is 0.122 e. The number of para-hydroxylation sites is 1. The van der Waals surface area contributed by atoms with Crippen LogP contribution in [0.4, 0.5) is 5.69 Å². The van der Waals surface area contributed by atoms with E-state index < -0.39 is 10.8 Å². The lowest BCUT2D eigenvalue weighted by atomic mass is 10.0. The van der Waals surface area contributed by atoms with Gasteiger partial charge in [0.2, 0.25) is 0 Å². The molecule has 0 amide bonds. The SMILES string of the molecule is Nc1cccc(S(=O)CC2COc3ccccc32)c1. The number of nitrogens with two attached hydrogens (primary N) is 1. The molecule has 98 valence electrons. The maximum absolute atomic E-state index is 12.4. The van der Waals surface area contributed by atoms with Gasteiger partial charge in [-0.15, -0.1) is 0 Å². The van der Waals surface area contributed by atoms with Gasteiger partial charge in [0, 0.05) is 27.8 Å². The minimum atomic E-state index is -1.05. The fraction of sp³-hybridized carbons (Fsp3) is 0.200. The molecule has 3 rings (SSSR count). The molecule has 0 fully saturated rings.